The van der Waals surface area contributed by atoms with Gasteiger partial charge in [-0.2, -0.15) is 4.31 Å². The van der Waals surface area contributed by atoms with Crippen LogP contribution in [0.3, 0.4) is 0 Å². The molecule has 18 heavy (non-hydrogen) atoms. The van der Waals surface area contributed by atoms with E-state index in [1.54, 1.807) is 6.08 Å². The Morgan fingerprint density at radius 2 is 1.83 bits per heavy atom. The Bertz CT molecular complexity index is 522. The van der Waals surface area contributed by atoms with E-state index in [1.165, 1.54) is 4.31 Å². The number of rotatable bonds is 3. The van der Waals surface area contributed by atoms with Crippen molar-refractivity contribution in [2.45, 2.75) is 0 Å². The highest BCUT2D eigenvalue weighted by Crippen LogP contribution is 2.23. The molecule has 0 spiro atoms. The van der Waals surface area contributed by atoms with Crippen LogP contribution >= 0.6 is 15.9 Å². The van der Waals surface area contributed by atoms with Crippen molar-refractivity contribution >= 4 is 32.0 Å². The first-order valence-corrected chi connectivity index (χ1v) is 7.84. The van der Waals surface area contributed by atoms with E-state index in [-0.39, 0.29) is 3.81 Å². The van der Waals surface area contributed by atoms with Gasteiger partial charge in [0.05, 0.1) is 13.2 Å². The molecule has 1 aliphatic rings. The van der Waals surface area contributed by atoms with Gasteiger partial charge in [0, 0.05) is 13.1 Å². The van der Waals surface area contributed by atoms with Crippen LogP contribution < -0.4 is 0 Å². The molecule has 6 heteroatoms. The Hall–Kier alpha value is -0.690. The third kappa shape index (κ3) is 3.20. The van der Waals surface area contributed by atoms with Gasteiger partial charge in [0.2, 0.25) is 10.0 Å². The lowest BCUT2D eigenvalue weighted by Gasteiger charge is -2.25. The lowest BCUT2D eigenvalue weighted by molar-refractivity contribution is 0.0735. The molecule has 0 saturated carbocycles. The Morgan fingerprint density at radius 3 is 2.44 bits per heavy atom. The summed E-state index contributed by atoms with van der Waals surface area (Å²) in [5.41, 5.74) is 0.848. The lowest BCUT2D eigenvalue weighted by Crippen LogP contribution is -2.40. The van der Waals surface area contributed by atoms with Gasteiger partial charge in [-0.25, -0.2) is 8.42 Å². The minimum absolute atomic E-state index is 0.183. The maximum absolute atomic E-state index is 12.2. The van der Waals surface area contributed by atoms with Crippen molar-refractivity contribution in [3.05, 3.63) is 39.7 Å². The van der Waals surface area contributed by atoms with Crippen LogP contribution in [0.2, 0.25) is 0 Å². The van der Waals surface area contributed by atoms with Gasteiger partial charge < -0.3 is 4.74 Å². The monoisotopic (exact) mass is 331 g/mol. The molecule has 0 atom stereocenters. The predicted octanol–water partition coefficient (Wildman–Crippen LogP) is 2.04. The summed E-state index contributed by atoms with van der Waals surface area (Å²) in [6.45, 7) is 1.70. The maximum atomic E-state index is 12.2. The van der Waals surface area contributed by atoms with Crippen molar-refractivity contribution in [3.8, 4) is 0 Å². The van der Waals surface area contributed by atoms with Crippen LogP contribution in [0.25, 0.3) is 6.08 Å². The highest BCUT2D eigenvalue weighted by Gasteiger charge is 2.26. The summed E-state index contributed by atoms with van der Waals surface area (Å²) in [6, 6.07) is 9.34. The molecule has 2 rings (SSSR count). The van der Waals surface area contributed by atoms with Crippen LogP contribution in [-0.4, -0.2) is 39.0 Å². The van der Waals surface area contributed by atoms with Gasteiger partial charge in [0.25, 0.3) is 0 Å². The normalized spacial score (nSPS) is 18.8. The minimum Gasteiger partial charge on any atom is -0.379 e. The van der Waals surface area contributed by atoms with Crippen LogP contribution in [0.1, 0.15) is 5.56 Å². The van der Waals surface area contributed by atoms with Crippen LogP contribution in [0.4, 0.5) is 0 Å². The van der Waals surface area contributed by atoms with Crippen LogP contribution in [0.15, 0.2) is 34.1 Å². The summed E-state index contributed by atoms with van der Waals surface area (Å²) < 4.78 is 31.3. The molecular weight excluding hydrogens is 318 g/mol. The van der Waals surface area contributed by atoms with E-state index < -0.39 is 10.0 Å². The molecule has 1 heterocycles. The fraction of sp³-hybridized carbons (Fsp3) is 0.333. The third-order valence-corrected chi connectivity index (χ3v) is 5.75. The number of ether oxygens (including phenoxy) is 1. The first-order valence-electron chi connectivity index (χ1n) is 5.61. The van der Waals surface area contributed by atoms with Crippen LogP contribution in [0, 0.1) is 0 Å². The Morgan fingerprint density at radius 1 is 1.22 bits per heavy atom. The zero-order valence-electron chi connectivity index (χ0n) is 9.75. The number of sulfonamides is 1. The lowest BCUT2D eigenvalue weighted by atomic mass is 10.2. The Labute approximate surface area is 115 Å². The zero-order chi connectivity index (χ0) is 13.0. The van der Waals surface area contributed by atoms with E-state index in [1.807, 2.05) is 30.3 Å². The molecule has 98 valence electrons. The van der Waals surface area contributed by atoms with Gasteiger partial charge in [-0.05, 0) is 27.6 Å². The first-order chi connectivity index (χ1) is 8.60. The maximum Gasteiger partial charge on any atom is 0.249 e. The summed E-state index contributed by atoms with van der Waals surface area (Å²) in [5.74, 6) is 0. The molecule has 1 saturated heterocycles. The molecule has 0 aromatic heterocycles. The van der Waals surface area contributed by atoms with E-state index in [9.17, 15) is 8.42 Å². The molecule has 4 nitrogen and oxygen atoms in total. The summed E-state index contributed by atoms with van der Waals surface area (Å²) in [6.07, 6.45) is 1.62. The van der Waals surface area contributed by atoms with Crippen molar-refractivity contribution in [2.24, 2.45) is 0 Å². The van der Waals surface area contributed by atoms with Crippen molar-refractivity contribution in [1.82, 2.24) is 4.31 Å². The Kier molecular flexibility index (Phi) is 4.55. The first kappa shape index (κ1) is 13.7. The summed E-state index contributed by atoms with van der Waals surface area (Å²) in [4.78, 5) is 0. The average Bonchev–Trinajstić information content (AvgIpc) is 2.41. The highest BCUT2D eigenvalue weighted by atomic mass is 79.9. The molecule has 1 aliphatic heterocycles. The van der Waals surface area contributed by atoms with E-state index in [0.29, 0.717) is 26.3 Å². The highest BCUT2D eigenvalue weighted by molar-refractivity contribution is 9.13. The molecule has 1 aromatic rings. The van der Waals surface area contributed by atoms with Crippen molar-refractivity contribution in [2.75, 3.05) is 26.3 Å². The molecule has 0 unspecified atom stereocenters. The molecule has 1 aromatic carbocycles. The number of benzene rings is 1. The summed E-state index contributed by atoms with van der Waals surface area (Å²) in [7, 11) is -3.43. The average molecular weight is 332 g/mol. The quantitative estimate of drug-likeness (QED) is 0.851. The van der Waals surface area contributed by atoms with Gasteiger partial charge >= 0.3 is 0 Å². The van der Waals surface area contributed by atoms with E-state index in [4.69, 9.17) is 4.74 Å². The molecular formula is C12H14BrNO3S. The number of morpholine rings is 1. The van der Waals surface area contributed by atoms with Crippen LogP contribution in [0.5, 0.6) is 0 Å². The summed E-state index contributed by atoms with van der Waals surface area (Å²) in [5, 5.41) is 0. The standard InChI is InChI=1S/C12H14BrNO3S/c13-12(10-11-4-2-1-3-5-11)18(15,16)14-6-8-17-9-7-14/h1-5,10H,6-9H2/b12-10+. The van der Waals surface area contributed by atoms with Crippen molar-refractivity contribution in [1.29, 1.82) is 0 Å². The fourth-order valence-corrected chi connectivity index (χ4v) is 3.71. The minimum atomic E-state index is -3.43. The van der Waals surface area contributed by atoms with E-state index >= 15 is 0 Å². The molecule has 0 N–H and O–H groups in total. The van der Waals surface area contributed by atoms with Crippen molar-refractivity contribution < 1.29 is 13.2 Å². The second-order valence-corrected chi connectivity index (χ2v) is 7.16. The molecule has 0 bridgehead atoms. The topological polar surface area (TPSA) is 46.6 Å². The third-order valence-electron chi connectivity index (χ3n) is 2.64. The predicted molar refractivity (Wildman–Crippen MR) is 74.7 cm³/mol. The van der Waals surface area contributed by atoms with E-state index in [2.05, 4.69) is 15.9 Å². The number of halogens is 1. The van der Waals surface area contributed by atoms with E-state index in [0.717, 1.165) is 5.56 Å². The smallest absolute Gasteiger partial charge is 0.249 e. The Balaban J connectivity index is 2.21. The molecule has 0 amide bonds. The summed E-state index contributed by atoms with van der Waals surface area (Å²) >= 11 is 3.16. The van der Waals surface area contributed by atoms with Gasteiger partial charge in [0.15, 0.2) is 0 Å². The molecule has 0 radical (unpaired) electrons. The van der Waals surface area contributed by atoms with Gasteiger partial charge in [0.1, 0.15) is 3.81 Å². The SMILES string of the molecule is O=S(=O)(/C(Br)=C/c1ccccc1)N1CCOCC1. The zero-order valence-corrected chi connectivity index (χ0v) is 12.2. The number of hydrogen-bond donors (Lipinski definition) is 0. The van der Waals surface area contributed by atoms with Crippen LogP contribution in [-0.2, 0) is 14.8 Å². The number of hydrogen-bond acceptors (Lipinski definition) is 3. The van der Waals surface area contributed by atoms with Gasteiger partial charge in [-0.1, -0.05) is 30.3 Å². The van der Waals surface area contributed by atoms with Crippen molar-refractivity contribution in [3.63, 3.8) is 0 Å². The second-order valence-electron chi connectivity index (χ2n) is 3.88. The molecule has 0 aliphatic carbocycles. The fourth-order valence-electron chi connectivity index (χ4n) is 1.67. The number of nitrogens with zero attached hydrogens (tertiary/aromatic N) is 1. The molecule has 1 fully saturated rings. The van der Waals surface area contributed by atoms with Gasteiger partial charge in [-0.3, -0.25) is 0 Å². The largest absolute Gasteiger partial charge is 0.379 e. The van der Waals surface area contributed by atoms with Gasteiger partial charge in [-0.15, -0.1) is 0 Å². The second kappa shape index (κ2) is 5.97.